The predicted octanol–water partition coefficient (Wildman–Crippen LogP) is 2.08. The van der Waals surface area contributed by atoms with Gasteiger partial charge in [0.2, 0.25) is 5.91 Å². The summed E-state index contributed by atoms with van der Waals surface area (Å²) in [6, 6.07) is 6.74. The van der Waals surface area contributed by atoms with E-state index in [1.54, 1.807) is 38.1 Å². The summed E-state index contributed by atoms with van der Waals surface area (Å²) < 4.78 is 0. The summed E-state index contributed by atoms with van der Waals surface area (Å²) in [6.45, 7) is 8.15. The van der Waals surface area contributed by atoms with Crippen LogP contribution >= 0.6 is 0 Å². The van der Waals surface area contributed by atoms with E-state index in [9.17, 15) is 14.4 Å². The molecule has 1 heterocycles. The zero-order chi connectivity index (χ0) is 16.5. The molecular formula is C17H22N2O3. The molecule has 1 aromatic rings. The van der Waals surface area contributed by atoms with Crippen LogP contribution in [0.3, 0.4) is 0 Å². The van der Waals surface area contributed by atoms with Gasteiger partial charge in [-0.25, -0.2) is 0 Å². The lowest BCUT2D eigenvalue weighted by atomic mass is 9.91. The molecule has 0 spiro atoms. The quantitative estimate of drug-likeness (QED) is 0.847. The molecule has 22 heavy (non-hydrogen) atoms. The topological polar surface area (TPSA) is 66.5 Å². The molecule has 0 saturated carbocycles. The van der Waals surface area contributed by atoms with Gasteiger partial charge < -0.3 is 5.32 Å². The second-order valence-electron chi connectivity index (χ2n) is 6.73. The number of fused-ring (bicyclic) bond motifs is 1. The summed E-state index contributed by atoms with van der Waals surface area (Å²) in [5, 5.41) is 2.86. The Bertz CT molecular complexity index is 585. The number of benzene rings is 1. The molecule has 0 fully saturated rings. The Balaban J connectivity index is 2.12. The highest BCUT2D eigenvalue weighted by molar-refractivity contribution is 6.21. The van der Waals surface area contributed by atoms with E-state index in [4.69, 9.17) is 0 Å². The van der Waals surface area contributed by atoms with Gasteiger partial charge in [-0.2, -0.15) is 0 Å². The van der Waals surface area contributed by atoms with Gasteiger partial charge in [0.25, 0.3) is 11.8 Å². The summed E-state index contributed by atoms with van der Waals surface area (Å²) in [5.41, 5.74) is -0.0146. The molecule has 1 N–H and O–H groups in total. The van der Waals surface area contributed by atoms with Gasteiger partial charge >= 0.3 is 0 Å². The molecule has 0 radical (unpaired) electrons. The standard InChI is InChI=1S/C17H22N2O3/c1-11(2)9-18-16(22)17(3,4)10-19-14(20)12-7-5-6-8-13(12)15(19)21/h5-8,11H,9-10H2,1-4H3,(H,18,22). The van der Waals surface area contributed by atoms with Crippen molar-refractivity contribution in [2.45, 2.75) is 27.7 Å². The molecule has 0 saturated heterocycles. The summed E-state index contributed by atoms with van der Waals surface area (Å²) in [4.78, 5) is 38.1. The van der Waals surface area contributed by atoms with E-state index in [-0.39, 0.29) is 24.3 Å². The fourth-order valence-electron chi connectivity index (χ4n) is 2.39. The number of nitrogens with one attached hydrogen (secondary N) is 1. The lowest BCUT2D eigenvalue weighted by Crippen LogP contribution is -2.47. The van der Waals surface area contributed by atoms with Crippen LogP contribution in [-0.2, 0) is 4.79 Å². The van der Waals surface area contributed by atoms with Gasteiger partial charge in [-0.3, -0.25) is 19.3 Å². The smallest absolute Gasteiger partial charge is 0.261 e. The van der Waals surface area contributed by atoms with Gasteiger partial charge in [-0.15, -0.1) is 0 Å². The lowest BCUT2D eigenvalue weighted by Gasteiger charge is -2.28. The predicted molar refractivity (Wildman–Crippen MR) is 83.4 cm³/mol. The first-order valence-electron chi connectivity index (χ1n) is 7.47. The minimum Gasteiger partial charge on any atom is -0.355 e. The van der Waals surface area contributed by atoms with Crippen LogP contribution in [0.2, 0.25) is 0 Å². The number of nitrogens with zero attached hydrogens (tertiary/aromatic N) is 1. The maximum atomic E-state index is 12.3. The Morgan fingerprint density at radius 1 is 1.14 bits per heavy atom. The van der Waals surface area contributed by atoms with Crippen molar-refractivity contribution in [3.05, 3.63) is 35.4 Å². The van der Waals surface area contributed by atoms with E-state index in [2.05, 4.69) is 5.32 Å². The van der Waals surface area contributed by atoms with E-state index >= 15 is 0 Å². The first-order valence-corrected chi connectivity index (χ1v) is 7.47. The number of carbonyl (C=O) groups excluding carboxylic acids is 3. The maximum Gasteiger partial charge on any atom is 0.261 e. The number of hydrogen-bond acceptors (Lipinski definition) is 3. The summed E-state index contributed by atoms with van der Waals surface area (Å²) in [7, 11) is 0. The van der Waals surface area contributed by atoms with Gasteiger partial charge in [0.15, 0.2) is 0 Å². The van der Waals surface area contributed by atoms with Crippen LogP contribution in [0.4, 0.5) is 0 Å². The van der Waals surface area contributed by atoms with Crippen LogP contribution in [-0.4, -0.2) is 35.7 Å². The van der Waals surface area contributed by atoms with Gasteiger partial charge in [0.1, 0.15) is 0 Å². The van der Waals surface area contributed by atoms with Crippen molar-refractivity contribution < 1.29 is 14.4 Å². The van der Waals surface area contributed by atoms with Gasteiger partial charge in [0.05, 0.1) is 16.5 Å². The Labute approximate surface area is 130 Å². The van der Waals surface area contributed by atoms with Crippen molar-refractivity contribution in [2.75, 3.05) is 13.1 Å². The van der Waals surface area contributed by atoms with Crippen molar-refractivity contribution in [1.82, 2.24) is 10.2 Å². The highest BCUT2D eigenvalue weighted by Gasteiger charge is 2.40. The summed E-state index contributed by atoms with van der Waals surface area (Å²) >= 11 is 0. The molecule has 2 rings (SSSR count). The van der Waals surface area contributed by atoms with Crippen molar-refractivity contribution in [2.24, 2.45) is 11.3 Å². The van der Waals surface area contributed by atoms with Gasteiger partial charge in [0, 0.05) is 13.1 Å². The van der Waals surface area contributed by atoms with Crippen LogP contribution in [0, 0.1) is 11.3 Å². The Morgan fingerprint density at radius 3 is 2.09 bits per heavy atom. The second-order valence-corrected chi connectivity index (χ2v) is 6.73. The van der Waals surface area contributed by atoms with E-state index in [0.29, 0.717) is 23.6 Å². The van der Waals surface area contributed by atoms with Crippen LogP contribution in [0.15, 0.2) is 24.3 Å². The van der Waals surface area contributed by atoms with Crippen molar-refractivity contribution >= 4 is 17.7 Å². The third kappa shape index (κ3) is 3.03. The minimum absolute atomic E-state index is 0.0727. The molecule has 1 aliphatic rings. The normalized spacial score (nSPS) is 14.5. The van der Waals surface area contributed by atoms with Crippen LogP contribution in [0.1, 0.15) is 48.4 Å². The molecular weight excluding hydrogens is 280 g/mol. The Hall–Kier alpha value is -2.17. The number of carbonyl (C=O) groups is 3. The SMILES string of the molecule is CC(C)CNC(=O)C(C)(C)CN1C(=O)c2ccccc2C1=O. The molecule has 3 amide bonds. The highest BCUT2D eigenvalue weighted by Crippen LogP contribution is 2.27. The van der Waals surface area contributed by atoms with Crippen molar-refractivity contribution in [1.29, 1.82) is 0 Å². The molecule has 0 aliphatic carbocycles. The number of imide groups is 1. The number of rotatable bonds is 5. The van der Waals surface area contributed by atoms with Crippen LogP contribution < -0.4 is 5.32 Å². The molecule has 5 nitrogen and oxygen atoms in total. The fourth-order valence-corrected chi connectivity index (χ4v) is 2.39. The van der Waals surface area contributed by atoms with Crippen LogP contribution in [0.25, 0.3) is 0 Å². The Morgan fingerprint density at radius 2 is 1.64 bits per heavy atom. The zero-order valence-electron chi connectivity index (χ0n) is 13.5. The average molecular weight is 302 g/mol. The molecule has 0 bridgehead atoms. The van der Waals surface area contributed by atoms with E-state index in [1.165, 1.54) is 4.90 Å². The third-order valence-corrected chi connectivity index (χ3v) is 3.72. The molecule has 5 heteroatoms. The largest absolute Gasteiger partial charge is 0.355 e. The third-order valence-electron chi connectivity index (χ3n) is 3.72. The maximum absolute atomic E-state index is 12.3. The van der Waals surface area contributed by atoms with E-state index in [0.717, 1.165) is 0 Å². The van der Waals surface area contributed by atoms with Crippen molar-refractivity contribution in [3.8, 4) is 0 Å². The first-order chi connectivity index (χ1) is 10.2. The Kier molecular flexibility index (Phi) is 4.35. The number of hydrogen-bond donors (Lipinski definition) is 1. The van der Waals surface area contributed by atoms with Gasteiger partial charge in [-0.1, -0.05) is 26.0 Å². The zero-order valence-corrected chi connectivity index (χ0v) is 13.5. The highest BCUT2D eigenvalue weighted by atomic mass is 16.2. The van der Waals surface area contributed by atoms with E-state index in [1.807, 2.05) is 13.8 Å². The molecule has 1 aromatic carbocycles. The molecule has 118 valence electrons. The van der Waals surface area contributed by atoms with Crippen LogP contribution in [0.5, 0.6) is 0 Å². The molecule has 0 aromatic heterocycles. The van der Waals surface area contributed by atoms with Crippen molar-refractivity contribution in [3.63, 3.8) is 0 Å². The summed E-state index contributed by atoms with van der Waals surface area (Å²) in [5.74, 6) is -0.465. The molecule has 1 aliphatic heterocycles. The average Bonchev–Trinajstić information content (AvgIpc) is 2.70. The monoisotopic (exact) mass is 302 g/mol. The van der Waals surface area contributed by atoms with E-state index < -0.39 is 5.41 Å². The lowest BCUT2D eigenvalue weighted by molar-refractivity contribution is -0.129. The number of amides is 3. The second kappa shape index (κ2) is 5.91. The fraction of sp³-hybridized carbons (Fsp3) is 0.471. The summed E-state index contributed by atoms with van der Waals surface area (Å²) in [6.07, 6.45) is 0. The first kappa shape index (κ1) is 16.2. The minimum atomic E-state index is -0.831. The van der Waals surface area contributed by atoms with Gasteiger partial charge in [-0.05, 0) is 31.9 Å². The molecule has 0 atom stereocenters. The molecule has 0 unspecified atom stereocenters.